The Hall–Kier alpha value is -3.35. The first-order chi connectivity index (χ1) is 12.5. The zero-order valence-corrected chi connectivity index (χ0v) is 14.4. The Bertz CT molecular complexity index is 929. The zero-order valence-electron chi connectivity index (χ0n) is 14.4. The maximum Gasteiger partial charge on any atom is 0.437 e. The van der Waals surface area contributed by atoms with Gasteiger partial charge >= 0.3 is 5.76 Å². The lowest BCUT2D eigenvalue weighted by Gasteiger charge is -2.11. The average Bonchev–Trinajstić information content (AvgIpc) is 2.98. The van der Waals surface area contributed by atoms with Crippen molar-refractivity contribution in [1.82, 2.24) is 9.78 Å². The Morgan fingerprint density at radius 2 is 1.69 bits per heavy atom. The van der Waals surface area contributed by atoms with Gasteiger partial charge in [-0.1, -0.05) is 18.2 Å². The van der Waals surface area contributed by atoms with E-state index in [1.54, 1.807) is 31.2 Å². The molecule has 0 spiro atoms. The quantitative estimate of drug-likeness (QED) is 0.647. The summed E-state index contributed by atoms with van der Waals surface area (Å²) in [6.45, 7) is 2.96. The molecule has 3 aromatic rings. The molecular weight excluding hydrogens is 336 g/mol. The summed E-state index contributed by atoms with van der Waals surface area (Å²) < 4.78 is 17.5. The molecule has 1 heterocycles. The van der Waals surface area contributed by atoms with Crippen LogP contribution < -0.4 is 15.2 Å². The molecular formula is C19H18N2O5. The summed E-state index contributed by atoms with van der Waals surface area (Å²) in [6, 6.07) is 16.5. The second-order valence-corrected chi connectivity index (χ2v) is 5.71. The van der Waals surface area contributed by atoms with Crippen LogP contribution in [0.15, 0.2) is 63.8 Å². The Kier molecular flexibility index (Phi) is 5.17. The van der Waals surface area contributed by atoms with Gasteiger partial charge in [0.05, 0.1) is 0 Å². The summed E-state index contributed by atoms with van der Waals surface area (Å²) >= 11 is 0. The second kappa shape index (κ2) is 7.69. The van der Waals surface area contributed by atoms with Gasteiger partial charge in [-0.25, -0.2) is 4.79 Å². The van der Waals surface area contributed by atoms with Gasteiger partial charge in [0.15, 0.2) is 11.9 Å². The summed E-state index contributed by atoms with van der Waals surface area (Å²) in [5.41, 5.74) is 0. The first kappa shape index (κ1) is 17.5. The molecule has 0 amide bonds. The van der Waals surface area contributed by atoms with Gasteiger partial charge in [0.1, 0.15) is 23.8 Å². The van der Waals surface area contributed by atoms with Gasteiger partial charge in [0, 0.05) is 0 Å². The number of ketones is 1. The fourth-order valence-electron chi connectivity index (χ4n) is 2.26. The fourth-order valence-corrected chi connectivity index (χ4v) is 2.26. The van der Waals surface area contributed by atoms with E-state index in [1.165, 1.54) is 6.92 Å². The summed E-state index contributed by atoms with van der Waals surface area (Å²) in [5, 5.41) is 3.99. The second-order valence-electron chi connectivity index (χ2n) is 5.71. The summed E-state index contributed by atoms with van der Waals surface area (Å²) in [7, 11) is 0. The lowest BCUT2D eigenvalue weighted by Crippen LogP contribution is -2.19. The number of nitrogens with zero attached hydrogens (tertiary/aromatic N) is 2. The molecule has 26 heavy (non-hydrogen) atoms. The van der Waals surface area contributed by atoms with Gasteiger partial charge in [0.2, 0.25) is 0 Å². The highest BCUT2D eigenvalue weighted by Crippen LogP contribution is 2.25. The number of carbonyl (C=O) groups excluding carboxylic acids is 1. The molecule has 1 atom stereocenters. The van der Waals surface area contributed by atoms with Gasteiger partial charge in [-0.3, -0.25) is 4.79 Å². The van der Waals surface area contributed by atoms with Crippen LogP contribution in [0, 0.1) is 0 Å². The molecule has 1 unspecified atom stereocenters. The van der Waals surface area contributed by atoms with Crippen LogP contribution in [0.1, 0.15) is 25.8 Å². The zero-order chi connectivity index (χ0) is 18.5. The Balaban J connectivity index is 1.65. The van der Waals surface area contributed by atoms with E-state index in [4.69, 9.17) is 13.9 Å². The Morgan fingerprint density at radius 3 is 2.35 bits per heavy atom. The van der Waals surface area contributed by atoms with Gasteiger partial charge in [0.25, 0.3) is 5.89 Å². The number of hydrogen-bond acceptors (Lipinski definition) is 6. The third kappa shape index (κ3) is 4.38. The molecule has 134 valence electrons. The molecule has 0 radical (unpaired) electrons. The molecule has 3 rings (SSSR count). The summed E-state index contributed by atoms with van der Waals surface area (Å²) in [4.78, 5) is 22.8. The van der Waals surface area contributed by atoms with Gasteiger partial charge < -0.3 is 13.9 Å². The van der Waals surface area contributed by atoms with Crippen molar-refractivity contribution < 1.29 is 18.7 Å². The highest BCUT2D eigenvalue weighted by molar-refractivity contribution is 5.75. The number of Topliss-reactive ketones (excluding diaryl/α,β-unsaturated/α-hetero) is 1. The minimum Gasteiger partial charge on any atom is -0.481 e. The molecule has 7 nitrogen and oxygen atoms in total. The first-order valence-electron chi connectivity index (χ1n) is 8.08. The van der Waals surface area contributed by atoms with Crippen molar-refractivity contribution >= 4 is 5.78 Å². The topological polar surface area (TPSA) is 83.6 Å². The minimum absolute atomic E-state index is 0.112. The van der Waals surface area contributed by atoms with Gasteiger partial charge in [-0.2, -0.15) is 4.68 Å². The molecule has 0 saturated heterocycles. The minimum atomic E-state index is -0.683. The standard InChI is InChI=1S/C19H18N2O5/c1-13(22)12-21-19(23)26-18(20-21)14(2)24-16-8-10-17(11-9-16)25-15-6-4-3-5-7-15/h3-11,14H,12H2,1-2H3. The van der Waals surface area contributed by atoms with E-state index >= 15 is 0 Å². The van der Waals surface area contributed by atoms with Crippen molar-refractivity contribution in [3.8, 4) is 17.2 Å². The van der Waals surface area contributed by atoms with E-state index in [-0.39, 0.29) is 18.2 Å². The number of aromatic nitrogens is 2. The normalized spacial score (nSPS) is 11.8. The predicted molar refractivity (Wildman–Crippen MR) is 93.4 cm³/mol. The van der Waals surface area contributed by atoms with Crippen molar-refractivity contribution in [2.75, 3.05) is 0 Å². The van der Waals surface area contributed by atoms with Crippen molar-refractivity contribution in [2.45, 2.75) is 26.5 Å². The Morgan fingerprint density at radius 1 is 1.08 bits per heavy atom. The number of rotatable bonds is 7. The van der Waals surface area contributed by atoms with Gasteiger partial charge in [-0.15, -0.1) is 5.10 Å². The van der Waals surface area contributed by atoms with E-state index < -0.39 is 11.9 Å². The predicted octanol–water partition coefficient (Wildman–Crippen LogP) is 3.36. The third-order valence-corrected chi connectivity index (χ3v) is 3.46. The van der Waals surface area contributed by atoms with Crippen LogP contribution in [-0.2, 0) is 11.3 Å². The number of carbonyl (C=O) groups is 1. The smallest absolute Gasteiger partial charge is 0.437 e. The molecule has 0 fully saturated rings. The molecule has 0 N–H and O–H groups in total. The lowest BCUT2D eigenvalue weighted by molar-refractivity contribution is -0.117. The highest BCUT2D eigenvalue weighted by Gasteiger charge is 2.17. The van der Waals surface area contributed by atoms with Crippen molar-refractivity contribution in [3.05, 3.63) is 71.0 Å². The third-order valence-electron chi connectivity index (χ3n) is 3.46. The van der Waals surface area contributed by atoms with Crippen LogP contribution in [0.4, 0.5) is 0 Å². The molecule has 0 aliphatic heterocycles. The van der Waals surface area contributed by atoms with Crippen molar-refractivity contribution in [2.24, 2.45) is 0 Å². The van der Waals surface area contributed by atoms with Crippen molar-refractivity contribution in [3.63, 3.8) is 0 Å². The van der Waals surface area contributed by atoms with E-state index in [0.29, 0.717) is 11.5 Å². The number of para-hydroxylation sites is 1. The summed E-state index contributed by atoms with van der Waals surface area (Å²) in [6.07, 6.45) is -0.586. The van der Waals surface area contributed by atoms with E-state index in [9.17, 15) is 9.59 Å². The number of hydrogen-bond donors (Lipinski definition) is 0. The van der Waals surface area contributed by atoms with Crippen LogP contribution in [0.2, 0.25) is 0 Å². The fraction of sp³-hybridized carbons (Fsp3) is 0.211. The average molecular weight is 354 g/mol. The van der Waals surface area contributed by atoms with Crippen LogP contribution in [-0.4, -0.2) is 15.6 Å². The number of benzene rings is 2. The van der Waals surface area contributed by atoms with Gasteiger partial charge in [-0.05, 0) is 50.2 Å². The van der Waals surface area contributed by atoms with E-state index in [1.807, 2.05) is 30.3 Å². The van der Waals surface area contributed by atoms with Crippen LogP contribution in [0.25, 0.3) is 0 Å². The van der Waals surface area contributed by atoms with Crippen LogP contribution in [0.5, 0.6) is 17.2 Å². The maximum absolute atomic E-state index is 11.7. The molecule has 0 saturated carbocycles. The van der Waals surface area contributed by atoms with E-state index in [0.717, 1.165) is 10.4 Å². The monoisotopic (exact) mass is 354 g/mol. The van der Waals surface area contributed by atoms with Crippen LogP contribution in [0.3, 0.4) is 0 Å². The highest BCUT2D eigenvalue weighted by atomic mass is 16.5. The van der Waals surface area contributed by atoms with Crippen LogP contribution >= 0.6 is 0 Å². The molecule has 0 aliphatic carbocycles. The molecule has 1 aromatic heterocycles. The Labute approximate surface area is 149 Å². The first-order valence-corrected chi connectivity index (χ1v) is 8.08. The largest absolute Gasteiger partial charge is 0.481 e. The van der Waals surface area contributed by atoms with Crippen molar-refractivity contribution in [1.29, 1.82) is 0 Å². The molecule has 7 heteroatoms. The molecule has 0 aliphatic rings. The SMILES string of the molecule is CC(=O)Cn1nc(C(C)Oc2ccc(Oc3ccccc3)cc2)oc1=O. The van der Waals surface area contributed by atoms with E-state index in [2.05, 4.69) is 5.10 Å². The summed E-state index contributed by atoms with van der Waals surface area (Å²) in [5.74, 6) is 1.23. The maximum atomic E-state index is 11.7. The lowest BCUT2D eigenvalue weighted by atomic mass is 10.3. The molecule has 0 bridgehead atoms. The molecule has 2 aromatic carbocycles. The number of ether oxygens (including phenoxy) is 2.